The van der Waals surface area contributed by atoms with Gasteiger partial charge in [-0.1, -0.05) is 23.7 Å². The monoisotopic (exact) mass is 297 g/mol. The lowest BCUT2D eigenvalue weighted by atomic mass is 10.1. The van der Waals surface area contributed by atoms with Gasteiger partial charge in [0.25, 0.3) is 0 Å². The predicted octanol–water partition coefficient (Wildman–Crippen LogP) is 4.13. The normalized spacial score (nSPS) is 12.5. The zero-order valence-corrected chi connectivity index (χ0v) is 12.5. The zero-order valence-electron chi connectivity index (χ0n) is 11.8. The van der Waals surface area contributed by atoms with Gasteiger partial charge in [0, 0.05) is 35.4 Å². The van der Waals surface area contributed by atoms with Crippen molar-refractivity contribution in [2.45, 2.75) is 19.5 Å². The first-order valence-electron chi connectivity index (χ1n) is 6.92. The molecule has 0 spiro atoms. The molecular formula is C17H16ClN3. The summed E-state index contributed by atoms with van der Waals surface area (Å²) in [5, 5.41) is 5.21. The fourth-order valence-corrected chi connectivity index (χ4v) is 2.55. The van der Waals surface area contributed by atoms with Gasteiger partial charge in [0.2, 0.25) is 0 Å². The molecule has 0 aliphatic rings. The van der Waals surface area contributed by atoms with Crippen LogP contribution < -0.4 is 5.32 Å². The Morgan fingerprint density at radius 2 is 1.90 bits per heavy atom. The standard InChI is InChI=1S/C17H16ClN3/c1-12(16-6-2-3-9-19-16)21-11-13-7-8-15(18)14-5-4-10-20-17(13)14/h2-10,12,21H,11H2,1H3/t12-/m1/s1. The van der Waals surface area contributed by atoms with Crippen molar-refractivity contribution in [3.8, 4) is 0 Å². The molecule has 1 atom stereocenters. The summed E-state index contributed by atoms with van der Waals surface area (Å²) in [4.78, 5) is 8.82. The number of benzene rings is 1. The van der Waals surface area contributed by atoms with Gasteiger partial charge in [0.1, 0.15) is 0 Å². The molecule has 0 fully saturated rings. The predicted molar refractivity (Wildman–Crippen MR) is 86.2 cm³/mol. The van der Waals surface area contributed by atoms with Gasteiger partial charge < -0.3 is 5.32 Å². The molecule has 0 bridgehead atoms. The van der Waals surface area contributed by atoms with Crippen molar-refractivity contribution in [1.82, 2.24) is 15.3 Å². The average Bonchev–Trinajstić information content (AvgIpc) is 2.55. The molecular weight excluding hydrogens is 282 g/mol. The molecule has 21 heavy (non-hydrogen) atoms. The van der Waals surface area contributed by atoms with Crippen molar-refractivity contribution in [2.24, 2.45) is 0 Å². The largest absolute Gasteiger partial charge is 0.305 e. The Hall–Kier alpha value is -1.97. The molecule has 3 aromatic rings. The number of pyridine rings is 2. The number of nitrogens with zero attached hydrogens (tertiary/aromatic N) is 2. The molecule has 0 unspecified atom stereocenters. The maximum absolute atomic E-state index is 6.22. The highest BCUT2D eigenvalue weighted by Gasteiger charge is 2.09. The molecule has 3 nitrogen and oxygen atoms in total. The Kier molecular flexibility index (Phi) is 4.13. The van der Waals surface area contributed by atoms with E-state index in [1.807, 2.05) is 48.7 Å². The van der Waals surface area contributed by atoms with Crippen molar-refractivity contribution >= 4 is 22.5 Å². The van der Waals surface area contributed by atoms with Crippen LogP contribution in [0, 0.1) is 0 Å². The van der Waals surface area contributed by atoms with Gasteiger partial charge in [0.15, 0.2) is 0 Å². The summed E-state index contributed by atoms with van der Waals surface area (Å²) < 4.78 is 0. The number of hydrogen-bond donors (Lipinski definition) is 1. The molecule has 2 heterocycles. The van der Waals surface area contributed by atoms with Crippen LogP contribution in [0.5, 0.6) is 0 Å². The molecule has 1 N–H and O–H groups in total. The summed E-state index contributed by atoms with van der Waals surface area (Å²) in [6.45, 7) is 2.83. The van der Waals surface area contributed by atoms with Gasteiger partial charge in [-0.2, -0.15) is 0 Å². The van der Waals surface area contributed by atoms with E-state index in [0.717, 1.165) is 33.7 Å². The highest BCUT2D eigenvalue weighted by atomic mass is 35.5. The molecule has 0 saturated carbocycles. The van der Waals surface area contributed by atoms with Crippen LogP contribution in [-0.4, -0.2) is 9.97 Å². The first-order chi connectivity index (χ1) is 10.3. The van der Waals surface area contributed by atoms with Crippen molar-refractivity contribution in [3.63, 3.8) is 0 Å². The van der Waals surface area contributed by atoms with Crippen LogP contribution in [0.4, 0.5) is 0 Å². The van der Waals surface area contributed by atoms with E-state index in [2.05, 4.69) is 22.2 Å². The van der Waals surface area contributed by atoms with Crippen LogP contribution in [-0.2, 0) is 6.54 Å². The van der Waals surface area contributed by atoms with Crippen molar-refractivity contribution in [2.75, 3.05) is 0 Å². The molecule has 106 valence electrons. The van der Waals surface area contributed by atoms with E-state index in [9.17, 15) is 0 Å². The number of nitrogens with one attached hydrogen (secondary N) is 1. The van der Waals surface area contributed by atoms with Crippen molar-refractivity contribution in [1.29, 1.82) is 0 Å². The number of fused-ring (bicyclic) bond motifs is 1. The topological polar surface area (TPSA) is 37.8 Å². The summed E-state index contributed by atoms with van der Waals surface area (Å²) in [6, 6.07) is 14.0. The molecule has 0 saturated heterocycles. The fourth-order valence-electron chi connectivity index (χ4n) is 2.34. The summed E-state index contributed by atoms with van der Waals surface area (Å²) in [5.41, 5.74) is 3.12. The SMILES string of the molecule is C[C@@H](NCc1ccc(Cl)c2cccnc12)c1ccccn1. The maximum atomic E-state index is 6.22. The minimum Gasteiger partial charge on any atom is -0.305 e. The number of hydrogen-bond acceptors (Lipinski definition) is 3. The first kappa shape index (κ1) is 14.0. The average molecular weight is 298 g/mol. The lowest BCUT2D eigenvalue weighted by Crippen LogP contribution is -2.19. The van der Waals surface area contributed by atoms with E-state index in [-0.39, 0.29) is 6.04 Å². The molecule has 3 rings (SSSR count). The third-order valence-electron chi connectivity index (χ3n) is 3.53. The summed E-state index contributed by atoms with van der Waals surface area (Å²) in [5.74, 6) is 0. The van der Waals surface area contributed by atoms with E-state index >= 15 is 0 Å². The summed E-state index contributed by atoms with van der Waals surface area (Å²) in [7, 11) is 0. The summed E-state index contributed by atoms with van der Waals surface area (Å²) in [6.07, 6.45) is 3.61. The van der Waals surface area contributed by atoms with E-state index < -0.39 is 0 Å². The maximum Gasteiger partial charge on any atom is 0.0761 e. The van der Waals surface area contributed by atoms with Gasteiger partial charge in [-0.05, 0) is 42.8 Å². The van der Waals surface area contributed by atoms with Crippen LogP contribution in [0.25, 0.3) is 10.9 Å². The van der Waals surface area contributed by atoms with Crippen LogP contribution in [0.15, 0.2) is 54.9 Å². The van der Waals surface area contributed by atoms with E-state index in [0.29, 0.717) is 0 Å². The lowest BCUT2D eigenvalue weighted by molar-refractivity contribution is 0.563. The number of rotatable bonds is 4. The van der Waals surface area contributed by atoms with Gasteiger partial charge in [-0.15, -0.1) is 0 Å². The Morgan fingerprint density at radius 3 is 2.71 bits per heavy atom. The number of halogens is 1. The Morgan fingerprint density at radius 1 is 1.05 bits per heavy atom. The second-order valence-electron chi connectivity index (χ2n) is 4.96. The Labute approximate surface area is 129 Å². The van der Waals surface area contributed by atoms with Crippen LogP contribution in [0.1, 0.15) is 24.2 Å². The minimum atomic E-state index is 0.181. The number of aromatic nitrogens is 2. The third-order valence-corrected chi connectivity index (χ3v) is 3.86. The molecule has 1 aromatic carbocycles. The second-order valence-corrected chi connectivity index (χ2v) is 5.37. The fraction of sp³-hybridized carbons (Fsp3) is 0.176. The zero-order chi connectivity index (χ0) is 14.7. The molecule has 0 radical (unpaired) electrons. The molecule has 2 aromatic heterocycles. The van der Waals surface area contributed by atoms with Crippen LogP contribution >= 0.6 is 11.6 Å². The van der Waals surface area contributed by atoms with Crippen LogP contribution in [0.3, 0.4) is 0 Å². The minimum absolute atomic E-state index is 0.181. The first-order valence-corrected chi connectivity index (χ1v) is 7.30. The van der Waals surface area contributed by atoms with Gasteiger partial charge in [0.05, 0.1) is 11.2 Å². The Bertz CT molecular complexity index is 743. The Balaban J connectivity index is 1.81. The van der Waals surface area contributed by atoms with Gasteiger partial charge in [-0.25, -0.2) is 0 Å². The van der Waals surface area contributed by atoms with E-state index in [4.69, 9.17) is 11.6 Å². The smallest absolute Gasteiger partial charge is 0.0761 e. The van der Waals surface area contributed by atoms with Crippen LogP contribution in [0.2, 0.25) is 5.02 Å². The molecule has 0 aliphatic heterocycles. The molecule has 4 heteroatoms. The summed E-state index contributed by atoms with van der Waals surface area (Å²) >= 11 is 6.22. The van der Waals surface area contributed by atoms with Gasteiger partial charge >= 0.3 is 0 Å². The highest BCUT2D eigenvalue weighted by Crippen LogP contribution is 2.25. The highest BCUT2D eigenvalue weighted by molar-refractivity contribution is 6.35. The van der Waals surface area contributed by atoms with E-state index in [1.165, 1.54) is 0 Å². The third kappa shape index (κ3) is 3.04. The second kappa shape index (κ2) is 6.20. The van der Waals surface area contributed by atoms with Gasteiger partial charge in [-0.3, -0.25) is 9.97 Å². The van der Waals surface area contributed by atoms with Crippen molar-refractivity contribution in [3.05, 3.63) is 71.1 Å². The lowest BCUT2D eigenvalue weighted by Gasteiger charge is -2.14. The van der Waals surface area contributed by atoms with E-state index in [1.54, 1.807) is 6.20 Å². The molecule has 0 amide bonds. The quantitative estimate of drug-likeness (QED) is 0.786. The van der Waals surface area contributed by atoms with Crippen molar-refractivity contribution < 1.29 is 0 Å². The molecule has 0 aliphatic carbocycles.